The van der Waals surface area contributed by atoms with Crippen molar-refractivity contribution in [3.63, 3.8) is 0 Å². The third-order valence-corrected chi connectivity index (χ3v) is 7.73. The van der Waals surface area contributed by atoms with Gasteiger partial charge in [-0.05, 0) is 0 Å². The van der Waals surface area contributed by atoms with Crippen molar-refractivity contribution in [1.82, 2.24) is 0 Å². The van der Waals surface area contributed by atoms with Crippen molar-refractivity contribution < 1.29 is 113 Å². The molecule has 0 spiro atoms. The van der Waals surface area contributed by atoms with Crippen LogP contribution in [0.2, 0.25) is 0 Å². The highest BCUT2D eigenvalue weighted by molar-refractivity contribution is 7.60. The first-order chi connectivity index (χ1) is 15.6. The van der Waals surface area contributed by atoms with Gasteiger partial charge in [-0.2, -0.15) is 4.31 Å². The molecule has 24 nitrogen and oxygen atoms in total. The van der Waals surface area contributed by atoms with Gasteiger partial charge < -0.3 is 58.9 Å². The number of phosphoric ester groups is 5. The lowest BCUT2D eigenvalue weighted by atomic mass is 9.85. The van der Waals surface area contributed by atoms with Crippen molar-refractivity contribution >= 4 is 46.9 Å². The van der Waals surface area contributed by atoms with Gasteiger partial charge in [0.15, 0.2) is 0 Å². The van der Waals surface area contributed by atoms with Crippen LogP contribution < -0.4 is 0 Å². The fourth-order valence-electron chi connectivity index (χ4n) is 2.68. The summed E-state index contributed by atoms with van der Waals surface area (Å²) in [6.07, 6.45) is -18.4. The Morgan fingerprint density at radius 2 is 0.639 bits per heavy atom. The lowest BCUT2D eigenvalue weighted by Crippen LogP contribution is -2.66. The first-order valence-corrected chi connectivity index (χ1v) is 17.2. The quantitative estimate of drug-likeness (QED) is 0.0920. The minimum absolute atomic E-state index is 2.98. The summed E-state index contributed by atoms with van der Waals surface area (Å²) in [7, 11) is -36.0. The summed E-state index contributed by atoms with van der Waals surface area (Å²) in [6.45, 7) is 0. The molecule has 1 saturated carbocycles. The van der Waals surface area contributed by atoms with E-state index in [1.54, 1.807) is 0 Å². The molecule has 1 unspecified atom stereocenters. The van der Waals surface area contributed by atoms with Crippen molar-refractivity contribution in [2.24, 2.45) is 0 Å². The second-order valence-corrected chi connectivity index (χ2v) is 13.9. The molecule has 0 aromatic rings. The highest BCUT2D eigenvalue weighted by Crippen LogP contribution is 2.61. The summed E-state index contributed by atoms with van der Waals surface area (Å²) < 4.78 is 92.2. The molecule has 1 rings (SSSR count). The molecule has 0 radical (unpaired) electrons. The van der Waals surface area contributed by atoms with Gasteiger partial charge in [0.05, 0.1) is 0 Å². The highest BCUT2D eigenvalue weighted by Gasteiger charge is 2.61. The molecule has 0 bridgehead atoms. The Labute approximate surface area is 197 Å². The fourth-order valence-corrected chi connectivity index (χ4v) is 6.70. The minimum Gasteiger partial charge on any atom is -0.387 e. The van der Waals surface area contributed by atoms with E-state index in [0.717, 1.165) is 0 Å². The van der Waals surface area contributed by atoms with E-state index in [1.165, 1.54) is 0 Å². The SMILES string of the molecule is O=P(O)(O)O[C@@H]1[C@@H](OP(=O)(O)O)[C@@H](OP(=O)(O)O)[C@@H](O)[C@H](OP(=O)(O)O)[C@H]1OP(=O)(O)OP(=O)(O)O. The van der Waals surface area contributed by atoms with Crippen molar-refractivity contribution in [1.29, 1.82) is 0 Å². The predicted molar refractivity (Wildman–Crippen MR) is 102 cm³/mol. The van der Waals surface area contributed by atoms with Crippen LogP contribution in [0.1, 0.15) is 0 Å². The lowest BCUT2D eigenvalue weighted by molar-refractivity contribution is -0.205. The van der Waals surface area contributed by atoms with Crippen molar-refractivity contribution in [3.05, 3.63) is 0 Å². The molecular formula is C6H18O24P6. The molecular weight excluding hydrogens is 642 g/mol. The molecule has 30 heteroatoms. The number of rotatable bonds is 12. The molecule has 0 amide bonds. The first kappa shape index (κ1) is 34.7. The summed E-state index contributed by atoms with van der Waals surface area (Å²) in [5.41, 5.74) is 0. The number of phosphoric acid groups is 6. The summed E-state index contributed by atoms with van der Waals surface area (Å²) >= 11 is 0. The van der Waals surface area contributed by atoms with Crippen LogP contribution in [0.5, 0.6) is 0 Å². The van der Waals surface area contributed by atoms with Gasteiger partial charge in [0.1, 0.15) is 36.6 Å². The smallest absolute Gasteiger partial charge is 0.387 e. The largest absolute Gasteiger partial charge is 0.481 e. The van der Waals surface area contributed by atoms with E-state index in [4.69, 9.17) is 48.9 Å². The Bertz CT molecular complexity index is 1050. The molecule has 0 heterocycles. The zero-order chi connectivity index (χ0) is 28.7. The maximum absolute atomic E-state index is 12.0. The Kier molecular flexibility index (Phi) is 11.2. The van der Waals surface area contributed by atoms with Crippen LogP contribution >= 0.6 is 46.9 Å². The number of aliphatic hydroxyl groups is 1. The second-order valence-electron chi connectivity index (χ2n) is 6.34. The normalized spacial score (nSPS) is 30.7. The standard InChI is InChI=1S/C6H18O24P6/c7-1-2(25-31(8,9)10)4(27-33(14,15)16)6(28-34(17,18)19)5(3(1)26-32(11,12)13)29-36(23,24)30-35(20,21)22/h1-7H,(H,23,24)(H2,8,9,10)(H2,11,12,13)(H2,14,15,16)(H2,17,18,19)(H2,20,21,22)/t1-,2+,3+,4+,5-,6-/m1/s1. The Hall–Kier alpha value is 0.660. The molecule has 0 aromatic carbocycles. The number of hydrogen-bond donors (Lipinski definition) is 12. The summed E-state index contributed by atoms with van der Waals surface area (Å²) in [5, 5.41) is 10.4. The summed E-state index contributed by atoms with van der Waals surface area (Å²) in [4.78, 5) is 99.6. The number of aliphatic hydroxyl groups excluding tert-OH is 1. The Morgan fingerprint density at radius 3 is 0.917 bits per heavy atom. The predicted octanol–water partition coefficient (Wildman–Crippen LogP) is -3.13. The van der Waals surface area contributed by atoms with Gasteiger partial charge in [0.25, 0.3) is 0 Å². The van der Waals surface area contributed by atoms with Gasteiger partial charge in [-0.1, -0.05) is 0 Å². The van der Waals surface area contributed by atoms with E-state index in [1.807, 2.05) is 0 Å². The Balaban J connectivity index is 3.85. The van der Waals surface area contributed by atoms with E-state index in [0.29, 0.717) is 0 Å². The maximum atomic E-state index is 12.0. The molecule has 1 aliphatic rings. The summed E-state index contributed by atoms with van der Waals surface area (Å²) in [5.74, 6) is 0. The van der Waals surface area contributed by atoms with E-state index in [9.17, 15) is 37.4 Å². The van der Waals surface area contributed by atoms with Gasteiger partial charge in [0, 0.05) is 0 Å². The van der Waals surface area contributed by atoms with Crippen molar-refractivity contribution in [2.75, 3.05) is 0 Å². The average Bonchev–Trinajstić information content (AvgIpc) is 2.51. The van der Waals surface area contributed by atoms with Gasteiger partial charge in [0.2, 0.25) is 0 Å². The monoisotopic (exact) mass is 660 g/mol. The molecule has 1 fully saturated rings. The minimum atomic E-state index is -6.24. The second kappa shape index (κ2) is 11.6. The molecule has 0 saturated heterocycles. The molecule has 216 valence electrons. The zero-order valence-electron chi connectivity index (χ0n) is 16.4. The van der Waals surface area contributed by atoms with Crippen molar-refractivity contribution in [2.45, 2.75) is 36.6 Å². The van der Waals surface area contributed by atoms with E-state index < -0.39 is 83.6 Å². The first-order valence-electron chi connectivity index (χ1n) is 8.01. The number of hydrogen-bond acceptors (Lipinski definition) is 13. The highest BCUT2D eigenvalue weighted by atomic mass is 31.3. The summed E-state index contributed by atoms with van der Waals surface area (Å²) in [6, 6.07) is 0. The van der Waals surface area contributed by atoms with E-state index in [2.05, 4.69) is 26.9 Å². The van der Waals surface area contributed by atoms with Gasteiger partial charge in [-0.25, -0.2) is 27.4 Å². The van der Waals surface area contributed by atoms with Gasteiger partial charge >= 0.3 is 46.9 Å². The maximum Gasteiger partial charge on any atom is 0.481 e. The zero-order valence-corrected chi connectivity index (χ0v) is 21.8. The third kappa shape index (κ3) is 12.7. The van der Waals surface area contributed by atoms with Crippen molar-refractivity contribution in [3.8, 4) is 0 Å². The molecule has 36 heavy (non-hydrogen) atoms. The van der Waals surface area contributed by atoms with Crippen LogP contribution in [-0.2, 0) is 54.3 Å². The topological polar surface area (TPSA) is 401 Å². The van der Waals surface area contributed by atoms with Crippen LogP contribution in [0.4, 0.5) is 0 Å². The van der Waals surface area contributed by atoms with Gasteiger partial charge in [-0.3, -0.25) is 22.6 Å². The van der Waals surface area contributed by atoms with E-state index >= 15 is 0 Å². The lowest BCUT2D eigenvalue weighted by Gasteiger charge is -2.47. The Morgan fingerprint density at radius 1 is 0.389 bits per heavy atom. The fraction of sp³-hybridized carbons (Fsp3) is 1.00. The van der Waals surface area contributed by atoms with Crippen LogP contribution in [0.3, 0.4) is 0 Å². The molecule has 1 aliphatic carbocycles. The van der Waals surface area contributed by atoms with Crippen LogP contribution in [-0.4, -0.2) is 95.6 Å². The average molecular weight is 660 g/mol. The van der Waals surface area contributed by atoms with Crippen LogP contribution in [0.25, 0.3) is 0 Å². The molecule has 7 atom stereocenters. The molecule has 0 aliphatic heterocycles. The van der Waals surface area contributed by atoms with Crippen LogP contribution in [0.15, 0.2) is 0 Å². The van der Waals surface area contributed by atoms with E-state index in [-0.39, 0.29) is 0 Å². The molecule has 12 N–H and O–H groups in total. The van der Waals surface area contributed by atoms with Gasteiger partial charge in [-0.15, -0.1) is 0 Å². The third-order valence-electron chi connectivity index (χ3n) is 3.47. The van der Waals surface area contributed by atoms with Crippen LogP contribution in [0, 0.1) is 0 Å². The molecule has 0 aromatic heterocycles.